The largest absolute Gasteiger partial charge is 0.463 e. The van der Waals surface area contributed by atoms with Gasteiger partial charge in [-0.2, -0.15) is 0 Å². The molecule has 7 heteroatoms. The Kier molecular flexibility index (Phi) is 4.85. The zero-order chi connectivity index (χ0) is 24.0. The zero-order valence-electron chi connectivity index (χ0n) is 20.6. The minimum atomic E-state index is -0.657. The third kappa shape index (κ3) is 2.88. The highest BCUT2D eigenvalue weighted by molar-refractivity contribution is 5.86. The summed E-state index contributed by atoms with van der Waals surface area (Å²) in [5.41, 5.74) is 0.333. The number of rotatable bonds is 2. The molecule has 2 heterocycles. The smallest absolute Gasteiger partial charge is 0.333 e. The maximum Gasteiger partial charge on any atom is 0.333 e. The van der Waals surface area contributed by atoms with E-state index >= 15 is 0 Å². The van der Waals surface area contributed by atoms with Gasteiger partial charge in [-0.3, -0.25) is 9.59 Å². The molecule has 2 aliphatic heterocycles. The molecule has 6 rings (SSSR count). The lowest BCUT2D eigenvalue weighted by atomic mass is 9.42. The van der Waals surface area contributed by atoms with Gasteiger partial charge in [-0.25, -0.2) is 4.79 Å². The van der Waals surface area contributed by atoms with E-state index in [1.165, 1.54) is 13.8 Å². The first-order chi connectivity index (χ1) is 16.1. The first-order valence-corrected chi connectivity index (χ1v) is 13.0. The molecule has 2 bridgehead atoms. The molecule has 0 amide bonds. The van der Waals surface area contributed by atoms with Gasteiger partial charge in [0, 0.05) is 43.3 Å². The summed E-state index contributed by atoms with van der Waals surface area (Å²) < 4.78 is 24.0. The Bertz CT molecular complexity index is 972. The topological polar surface area (TPSA) is 88.1 Å². The number of hydrogen-bond donors (Lipinski definition) is 0. The van der Waals surface area contributed by atoms with Gasteiger partial charge in [0.25, 0.3) is 0 Å². The van der Waals surface area contributed by atoms with Crippen molar-refractivity contribution in [2.45, 2.75) is 103 Å². The molecule has 6 aliphatic rings. The normalized spacial score (nSPS) is 50.6. The average molecular weight is 473 g/mol. The van der Waals surface area contributed by atoms with Gasteiger partial charge in [0.15, 0.2) is 0 Å². The minimum Gasteiger partial charge on any atom is -0.463 e. The Labute approximate surface area is 200 Å². The lowest BCUT2D eigenvalue weighted by Gasteiger charge is -2.66. The van der Waals surface area contributed by atoms with Crippen molar-refractivity contribution in [3.05, 3.63) is 11.6 Å². The Morgan fingerprint density at radius 1 is 1.00 bits per heavy atom. The van der Waals surface area contributed by atoms with Crippen LogP contribution in [-0.4, -0.2) is 42.0 Å². The van der Waals surface area contributed by atoms with E-state index < -0.39 is 11.9 Å². The maximum atomic E-state index is 12.2. The second kappa shape index (κ2) is 7.31. The fourth-order valence-electron chi connectivity index (χ4n) is 9.62. The Balaban J connectivity index is 1.36. The van der Waals surface area contributed by atoms with Crippen LogP contribution in [0, 0.1) is 34.5 Å². The third-order valence-electron chi connectivity index (χ3n) is 10.9. The molecule has 0 unspecified atom stereocenters. The number of fused-ring (bicyclic) bond motifs is 5. The van der Waals surface area contributed by atoms with Gasteiger partial charge < -0.3 is 18.9 Å². The SMILES string of the molecule is CC(=O)O[C@H]1CC[C@@]2(C)[C@H](CC[C@@H]3[C@@H]2CC[C@]2(C)[C@H]4C5=CC(=O)O[C@H]5O[C@@]32C[C@@H]4OC(C)=O)C1. The number of hydrogen-bond acceptors (Lipinski definition) is 7. The van der Waals surface area contributed by atoms with Crippen LogP contribution in [0.2, 0.25) is 0 Å². The van der Waals surface area contributed by atoms with Crippen LogP contribution in [0.3, 0.4) is 0 Å². The third-order valence-corrected chi connectivity index (χ3v) is 10.9. The van der Waals surface area contributed by atoms with Gasteiger partial charge in [0.1, 0.15) is 12.2 Å². The standard InChI is InChI=1S/C27H36O7/c1-14(28)31-17-7-9-25(3)16(11-17)5-6-20-19(25)8-10-26(4)23-18-12-22(30)33-24(18)34-27(20,26)13-21(23)32-15(2)29/h12,16-17,19-21,23-24H,5-11,13H2,1-4H3/t16-,17+,19+,20-,21+,23+,24+,25+,26-,27+/m1/s1. The van der Waals surface area contributed by atoms with Gasteiger partial charge in [0.2, 0.25) is 6.29 Å². The molecule has 10 atom stereocenters. The summed E-state index contributed by atoms with van der Waals surface area (Å²) in [6.07, 6.45) is 8.40. The van der Waals surface area contributed by atoms with Crippen molar-refractivity contribution in [3.8, 4) is 0 Å². The van der Waals surface area contributed by atoms with Crippen LogP contribution in [0.1, 0.15) is 79.1 Å². The first kappa shape index (κ1) is 22.6. The van der Waals surface area contributed by atoms with Gasteiger partial charge in [-0.1, -0.05) is 13.8 Å². The number of ether oxygens (including phenoxy) is 4. The summed E-state index contributed by atoms with van der Waals surface area (Å²) in [6.45, 7) is 7.70. The van der Waals surface area contributed by atoms with Crippen LogP contribution in [0.5, 0.6) is 0 Å². The lowest BCUT2D eigenvalue weighted by Crippen LogP contribution is -2.66. The minimum absolute atomic E-state index is 0.0277. The van der Waals surface area contributed by atoms with Crippen molar-refractivity contribution in [1.82, 2.24) is 0 Å². The molecule has 7 nitrogen and oxygen atoms in total. The predicted molar refractivity (Wildman–Crippen MR) is 120 cm³/mol. The molecule has 0 radical (unpaired) electrons. The summed E-state index contributed by atoms with van der Waals surface area (Å²) in [5.74, 6) is 0.451. The van der Waals surface area contributed by atoms with Gasteiger partial charge >= 0.3 is 17.9 Å². The lowest BCUT2D eigenvalue weighted by molar-refractivity contribution is -0.293. The molecule has 186 valence electrons. The Morgan fingerprint density at radius 2 is 1.76 bits per heavy atom. The molecule has 4 saturated carbocycles. The summed E-state index contributed by atoms with van der Waals surface area (Å²) >= 11 is 0. The molecule has 4 aliphatic carbocycles. The quantitative estimate of drug-likeness (QED) is 0.442. The molecule has 0 aromatic rings. The number of carbonyl (C=O) groups excluding carboxylic acids is 3. The average Bonchev–Trinajstić information content (AvgIpc) is 3.17. The van der Waals surface area contributed by atoms with Gasteiger partial charge in [-0.05, 0) is 68.1 Å². The monoisotopic (exact) mass is 472 g/mol. The highest BCUT2D eigenvalue weighted by atomic mass is 16.7. The van der Waals surface area contributed by atoms with Crippen molar-refractivity contribution in [3.63, 3.8) is 0 Å². The Hall–Kier alpha value is -1.89. The van der Waals surface area contributed by atoms with E-state index in [-0.39, 0.29) is 46.9 Å². The van der Waals surface area contributed by atoms with E-state index in [9.17, 15) is 14.4 Å². The fourth-order valence-corrected chi connectivity index (χ4v) is 9.62. The van der Waals surface area contributed by atoms with E-state index in [4.69, 9.17) is 18.9 Å². The van der Waals surface area contributed by atoms with Crippen LogP contribution >= 0.6 is 0 Å². The number of esters is 3. The van der Waals surface area contributed by atoms with Gasteiger partial charge in [0.05, 0.1) is 5.60 Å². The molecule has 0 aromatic carbocycles. The maximum absolute atomic E-state index is 12.2. The van der Waals surface area contributed by atoms with E-state index in [1.807, 2.05) is 0 Å². The molecule has 5 fully saturated rings. The van der Waals surface area contributed by atoms with Crippen molar-refractivity contribution < 1.29 is 33.3 Å². The van der Waals surface area contributed by atoms with Crippen molar-refractivity contribution in [1.29, 1.82) is 0 Å². The zero-order valence-corrected chi connectivity index (χ0v) is 20.6. The summed E-state index contributed by atoms with van der Waals surface area (Å²) in [4.78, 5) is 35.9. The highest BCUT2D eigenvalue weighted by Crippen LogP contribution is 2.73. The second-order valence-electron chi connectivity index (χ2n) is 12.2. The molecular formula is C27H36O7. The summed E-state index contributed by atoms with van der Waals surface area (Å²) in [6, 6.07) is 0. The van der Waals surface area contributed by atoms with Crippen LogP contribution in [-0.2, 0) is 33.3 Å². The Morgan fingerprint density at radius 3 is 2.50 bits per heavy atom. The van der Waals surface area contributed by atoms with Crippen LogP contribution in [0.15, 0.2) is 11.6 Å². The molecule has 0 aromatic heterocycles. The van der Waals surface area contributed by atoms with Crippen molar-refractivity contribution in [2.24, 2.45) is 34.5 Å². The number of carbonyl (C=O) groups is 3. The van der Waals surface area contributed by atoms with E-state index in [2.05, 4.69) is 13.8 Å². The summed E-state index contributed by atoms with van der Waals surface area (Å²) in [7, 11) is 0. The molecule has 0 spiro atoms. The predicted octanol–water partition coefficient (Wildman–Crippen LogP) is 4.08. The van der Waals surface area contributed by atoms with Gasteiger partial charge in [-0.15, -0.1) is 0 Å². The summed E-state index contributed by atoms with van der Waals surface area (Å²) in [5, 5.41) is 0. The van der Waals surface area contributed by atoms with E-state index in [1.54, 1.807) is 6.08 Å². The molecular weight excluding hydrogens is 436 g/mol. The molecule has 0 N–H and O–H groups in total. The van der Waals surface area contributed by atoms with E-state index in [0.29, 0.717) is 24.2 Å². The fraction of sp³-hybridized carbons (Fsp3) is 0.815. The van der Waals surface area contributed by atoms with Crippen molar-refractivity contribution >= 4 is 17.9 Å². The molecule has 34 heavy (non-hydrogen) atoms. The molecule has 1 saturated heterocycles. The van der Waals surface area contributed by atoms with Crippen LogP contribution < -0.4 is 0 Å². The van der Waals surface area contributed by atoms with Crippen LogP contribution in [0.25, 0.3) is 0 Å². The first-order valence-electron chi connectivity index (χ1n) is 13.0. The second-order valence-corrected chi connectivity index (χ2v) is 12.2. The highest BCUT2D eigenvalue weighted by Gasteiger charge is 2.76. The van der Waals surface area contributed by atoms with E-state index in [0.717, 1.165) is 50.5 Å². The van der Waals surface area contributed by atoms with Crippen LogP contribution in [0.4, 0.5) is 0 Å². The van der Waals surface area contributed by atoms with Crippen molar-refractivity contribution in [2.75, 3.05) is 0 Å².